The van der Waals surface area contributed by atoms with E-state index < -0.39 is 0 Å². The predicted molar refractivity (Wildman–Crippen MR) is 95.6 cm³/mol. The Morgan fingerprint density at radius 3 is 2.48 bits per heavy atom. The summed E-state index contributed by atoms with van der Waals surface area (Å²) in [5.41, 5.74) is 1.38. The van der Waals surface area contributed by atoms with E-state index in [1.807, 2.05) is 0 Å². The molecule has 0 aromatic heterocycles. The minimum absolute atomic E-state index is 0.503. The maximum atomic E-state index is 6.10. The highest BCUT2D eigenvalue weighted by molar-refractivity contribution is 5.14. The lowest BCUT2D eigenvalue weighted by molar-refractivity contribution is 0.0185. The second-order valence-corrected chi connectivity index (χ2v) is 7.11. The van der Waals surface area contributed by atoms with Crippen molar-refractivity contribution in [2.75, 3.05) is 26.2 Å². The van der Waals surface area contributed by atoms with Crippen LogP contribution in [0.25, 0.3) is 0 Å². The zero-order valence-electron chi connectivity index (χ0n) is 14.4. The minimum Gasteiger partial charge on any atom is -0.378 e. The van der Waals surface area contributed by atoms with E-state index in [0.29, 0.717) is 12.1 Å². The minimum atomic E-state index is 0.503. The van der Waals surface area contributed by atoms with Crippen molar-refractivity contribution in [2.45, 2.75) is 63.6 Å². The normalized spacial score (nSPS) is 25.7. The lowest BCUT2D eigenvalue weighted by atomic mass is 9.93. The van der Waals surface area contributed by atoms with Crippen LogP contribution in [0.4, 0.5) is 0 Å². The topological polar surface area (TPSA) is 24.5 Å². The van der Waals surface area contributed by atoms with Crippen LogP contribution >= 0.6 is 0 Å². The van der Waals surface area contributed by atoms with Gasteiger partial charge in [0, 0.05) is 25.7 Å². The smallest absolute Gasteiger partial charge is 0.0576 e. The highest BCUT2D eigenvalue weighted by Gasteiger charge is 2.21. The Morgan fingerprint density at radius 2 is 1.74 bits per heavy atom. The molecule has 2 aliphatic rings. The maximum absolute atomic E-state index is 6.10. The fraction of sp³-hybridized carbons (Fsp3) is 0.700. The van der Waals surface area contributed by atoms with Gasteiger partial charge in [-0.25, -0.2) is 0 Å². The summed E-state index contributed by atoms with van der Waals surface area (Å²) in [6.07, 6.45) is 9.43. The fourth-order valence-corrected chi connectivity index (χ4v) is 3.84. The van der Waals surface area contributed by atoms with Crippen molar-refractivity contribution in [3.8, 4) is 0 Å². The number of likely N-dealkylation sites (tertiary alicyclic amines) is 1. The van der Waals surface area contributed by atoms with E-state index in [1.54, 1.807) is 0 Å². The molecule has 1 aliphatic carbocycles. The Morgan fingerprint density at radius 1 is 1.00 bits per heavy atom. The molecule has 0 unspecified atom stereocenters. The van der Waals surface area contributed by atoms with Crippen molar-refractivity contribution in [1.29, 1.82) is 0 Å². The number of ether oxygens (including phenoxy) is 1. The molecule has 1 heterocycles. The summed E-state index contributed by atoms with van der Waals surface area (Å²) >= 11 is 0. The van der Waals surface area contributed by atoms with Gasteiger partial charge in [0.05, 0.1) is 6.10 Å². The summed E-state index contributed by atoms with van der Waals surface area (Å²) in [6.45, 7) is 5.78. The SMILES string of the molecule is c1ccc(CNC2CCC(OCCCN3CCCC3)CC2)cc1. The van der Waals surface area contributed by atoms with Gasteiger partial charge in [-0.3, -0.25) is 0 Å². The average Bonchev–Trinajstić information content (AvgIpc) is 3.12. The zero-order chi connectivity index (χ0) is 15.7. The largest absolute Gasteiger partial charge is 0.378 e. The monoisotopic (exact) mass is 316 g/mol. The van der Waals surface area contributed by atoms with Crippen LogP contribution in [0.3, 0.4) is 0 Å². The Labute approximate surface area is 141 Å². The first-order valence-corrected chi connectivity index (χ1v) is 9.51. The molecular formula is C20H32N2O. The summed E-state index contributed by atoms with van der Waals surface area (Å²) in [4.78, 5) is 2.58. The van der Waals surface area contributed by atoms with Gasteiger partial charge in [-0.15, -0.1) is 0 Å². The fourth-order valence-electron chi connectivity index (χ4n) is 3.84. The molecule has 2 fully saturated rings. The predicted octanol–water partition coefficient (Wildman–Crippen LogP) is 3.59. The molecule has 23 heavy (non-hydrogen) atoms. The van der Waals surface area contributed by atoms with E-state index in [4.69, 9.17) is 4.74 Å². The van der Waals surface area contributed by atoms with E-state index in [0.717, 1.165) is 13.2 Å². The van der Waals surface area contributed by atoms with Crippen molar-refractivity contribution in [3.05, 3.63) is 35.9 Å². The van der Waals surface area contributed by atoms with Gasteiger partial charge in [0.2, 0.25) is 0 Å². The molecule has 1 aliphatic heterocycles. The molecule has 1 saturated carbocycles. The first-order chi connectivity index (χ1) is 11.4. The van der Waals surface area contributed by atoms with Gasteiger partial charge in [-0.1, -0.05) is 30.3 Å². The van der Waals surface area contributed by atoms with E-state index >= 15 is 0 Å². The Balaban J connectivity index is 1.23. The number of hydrogen-bond acceptors (Lipinski definition) is 3. The van der Waals surface area contributed by atoms with Crippen LogP contribution in [0.2, 0.25) is 0 Å². The lowest BCUT2D eigenvalue weighted by Crippen LogP contribution is -2.35. The lowest BCUT2D eigenvalue weighted by Gasteiger charge is -2.29. The van der Waals surface area contributed by atoms with Crippen LogP contribution in [0.5, 0.6) is 0 Å². The van der Waals surface area contributed by atoms with Crippen LogP contribution in [0, 0.1) is 0 Å². The molecule has 1 N–H and O–H groups in total. The molecule has 1 aromatic carbocycles. The standard InChI is InChI=1S/C20H32N2O/c1-2-7-18(8-3-1)17-21-19-9-11-20(12-10-19)23-16-6-15-22-13-4-5-14-22/h1-3,7-8,19-21H,4-6,9-17H2. The number of benzene rings is 1. The molecule has 0 spiro atoms. The van der Waals surface area contributed by atoms with E-state index in [9.17, 15) is 0 Å². The first kappa shape index (κ1) is 16.9. The molecule has 3 nitrogen and oxygen atoms in total. The highest BCUT2D eigenvalue weighted by Crippen LogP contribution is 2.22. The number of nitrogens with zero attached hydrogens (tertiary/aromatic N) is 1. The van der Waals surface area contributed by atoms with Crippen LogP contribution < -0.4 is 5.32 Å². The van der Waals surface area contributed by atoms with Crippen LogP contribution in [0.1, 0.15) is 50.5 Å². The van der Waals surface area contributed by atoms with Crippen molar-refractivity contribution in [3.63, 3.8) is 0 Å². The Bertz CT molecular complexity index is 423. The molecule has 128 valence electrons. The first-order valence-electron chi connectivity index (χ1n) is 9.51. The number of rotatable bonds is 8. The van der Waals surface area contributed by atoms with Gasteiger partial charge in [0.25, 0.3) is 0 Å². The third-order valence-electron chi connectivity index (χ3n) is 5.28. The van der Waals surface area contributed by atoms with Gasteiger partial charge in [0.1, 0.15) is 0 Å². The van der Waals surface area contributed by atoms with Gasteiger partial charge in [-0.2, -0.15) is 0 Å². The molecule has 0 amide bonds. The van der Waals surface area contributed by atoms with Crippen LogP contribution in [-0.2, 0) is 11.3 Å². The molecule has 0 bridgehead atoms. The van der Waals surface area contributed by atoms with Crippen LogP contribution in [-0.4, -0.2) is 43.3 Å². The Hall–Kier alpha value is -0.900. The third-order valence-corrected chi connectivity index (χ3v) is 5.28. The van der Waals surface area contributed by atoms with E-state index in [-0.39, 0.29) is 0 Å². The maximum Gasteiger partial charge on any atom is 0.0576 e. The molecule has 3 rings (SSSR count). The second kappa shape index (κ2) is 9.41. The van der Waals surface area contributed by atoms with Crippen LogP contribution in [0.15, 0.2) is 30.3 Å². The summed E-state index contributed by atoms with van der Waals surface area (Å²) in [5, 5.41) is 3.70. The zero-order valence-corrected chi connectivity index (χ0v) is 14.4. The third kappa shape index (κ3) is 5.91. The second-order valence-electron chi connectivity index (χ2n) is 7.11. The Kier molecular flexibility index (Phi) is 6.93. The molecule has 3 heteroatoms. The summed E-state index contributed by atoms with van der Waals surface area (Å²) in [5.74, 6) is 0. The van der Waals surface area contributed by atoms with Gasteiger partial charge in [0.15, 0.2) is 0 Å². The van der Waals surface area contributed by atoms with Crippen molar-refractivity contribution in [2.24, 2.45) is 0 Å². The van der Waals surface area contributed by atoms with Gasteiger partial charge in [-0.05, 0) is 63.6 Å². The quantitative estimate of drug-likeness (QED) is 0.742. The highest BCUT2D eigenvalue weighted by atomic mass is 16.5. The van der Waals surface area contributed by atoms with E-state index in [2.05, 4.69) is 40.5 Å². The summed E-state index contributed by atoms with van der Waals surface area (Å²) < 4.78 is 6.10. The van der Waals surface area contributed by atoms with Crippen molar-refractivity contribution in [1.82, 2.24) is 10.2 Å². The molecule has 1 aromatic rings. The molecule has 0 atom stereocenters. The van der Waals surface area contributed by atoms with Crippen molar-refractivity contribution >= 4 is 0 Å². The number of hydrogen-bond donors (Lipinski definition) is 1. The summed E-state index contributed by atoms with van der Waals surface area (Å²) in [6, 6.07) is 11.4. The van der Waals surface area contributed by atoms with Gasteiger partial charge < -0.3 is 15.0 Å². The average molecular weight is 316 g/mol. The van der Waals surface area contributed by atoms with E-state index in [1.165, 1.54) is 70.1 Å². The summed E-state index contributed by atoms with van der Waals surface area (Å²) in [7, 11) is 0. The molecular weight excluding hydrogens is 284 g/mol. The van der Waals surface area contributed by atoms with Crippen molar-refractivity contribution < 1.29 is 4.74 Å². The number of nitrogens with one attached hydrogen (secondary N) is 1. The molecule has 0 radical (unpaired) electrons. The molecule has 1 saturated heterocycles. The van der Waals surface area contributed by atoms with Gasteiger partial charge >= 0.3 is 0 Å².